The van der Waals surface area contributed by atoms with E-state index in [2.05, 4.69) is 0 Å². The highest BCUT2D eigenvalue weighted by molar-refractivity contribution is 5.99. The van der Waals surface area contributed by atoms with Crippen LogP contribution < -0.4 is 16.2 Å². The molecule has 0 spiro atoms. The van der Waals surface area contributed by atoms with Gasteiger partial charge in [-0.05, 0) is 30.3 Å². The Morgan fingerprint density at radius 3 is 2.33 bits per heavy atom. The molecule has 2 rings (SSSR count). The number of carboxylic acids is 1. The molecule has 7 heteroatoms. The number of ether oxygens (including phenoxy) is 1. The lowest BCUT2D eigenvalue weighted by molar-refractivity contribution is 0.0682. The van der Waals surface area contributed by atoms with Gasteiger partial charge in [-0.2, -0.15) is 0 Å². The van der Waals surface area contributed by atoms with Crippen LogP contribution in [0.25, 0.3) is 0 Å². The summed E-state index contributed by atoms with van der Waals surface area (Å²) in [5.41, 5.74) is 11.1. The van der Waals surface area contributed by atoms with Crippen LogP contribution in [-0.4, -0.2) is 22.2 Å². The Bertz CT molecular complexity index is 727. The minimum absolute atomic E-state index is 0.0148. The van der Waals surface area contributed by atoms with Gasteiger partial charge in [-0.1, -0.05) is 0 Å². The van der Waals surface area contributed by atoms with Gasteiger partial charge in [-0.3, -0.25) is 0 Å². The van der Waals surface area contributed by atoms with Gasteiger partial charge in [-0.25, -0.2) is 9.59 Å². The predicted octanol–water partition coefficient (Wildman–Crippen LogP) is 1.47. The normalized spacial score (nSPS) is 10.1. The number of anilines is 2. The lowest BCUT2D eigenvalue weighted by Crippen LogP contribution is -2.13. The number of carbonyl (C=O) groups excluding carboxylic acids is 1. The Labute approximate surface area is 119 Å². The number of hydrogen-bond donors (Lipinski definition) is 4. The summed E-state index contributed by atoms with van der Waals surface area (Å²) in [5, 5.41) is 18.3. The molecule has 0 atom stereocenters. The van der Waals surface area contributed by atoms with Crippen LogP contribution in [0, 0.1) is 0 Å². The van der Waals surface area contributed by atoms with E-state index in [0.717, 1.165) is 0 Å². The summed E-state index contributed by atoms with van der Waals surface area (Å²) in [6, 6.07) is 7.63. The lowest BCUT2D eigenvalue weighted by atomic mass is 10.1. The number of carbonyl (C=O) groups is 2. The Morgan fingerprint density at radius 1 is 1.00 bits per heavy atom. The van der Waals surface area contributed by atoms with E-state index in [1.54, 1.807) is 0 Å². The van der Waals surface area contributed by atoms with Crippen LogP contribution in [0.2, 0.25) is 0 Å². The first-order chi connectivity index (χ1) is 9.88. The molecule has 0 radical (unpaired) electrons. The molecule has 0 saturated heterocycles. The molecule has 21 heavy (non-hydrogen) atoms. The first-order valence-electron chi connectivity index (χ1n) is 5.82. The number of carboxylic acid groups (broad SMARTS) is 1. The number of benzene rings is 2. The molecule has 0 bridgehead atoms. The summed E-state index contributed by atoms with van der Waals surface area (Å²) in [4.78, 5) is 23.1. The third kappa shape index (κ3) is 3.03. The largest absolute Gasteiger partial charge is 0.508 e. The number of rotatable bonds is 3. The molecule has 6 N–H and O–H groups in total. The molecule has 0 saturated carbocycles. The fourth-order valence-electron chi connectivity index (χ4n) is 1.69. The maximum Gasteiger partial charge on any atom is 0.345 e. The number of nitrogens with two attached hydrogens (primary N) is 2. The molecule has 0 aromatic heterocycles. The van der Waals surface area contributed by atoms with Crippen LogP contribution in [0.1, 0.15) is 20.7 Å². The van der Waals surface area contributed by atoms with Gasteiger partial charge in [0.25, 0.3) is 0 Å². The molecule has 0 aliphatic carbocycles. The highest BCUT2D eigenvalue weighted by atomic mass is 16.5. The fourth-order valence-corrected chi connectivity index (χ4v) is 1.69. The SMILES string of the molecule is Nc1ccc(OC(=O)c2ccc(O)cc2N)c(C(=O)O)c1. The van der Waals surface area contributed by atoms with Gasteiger partial charge < -0.3 is 26.4 Å². The predicted molar refractivity (Wildman–Crippen MR) is 75.3 cm³/mol. The van der Waals surface area contributed by atoms with Gasteiger partial charge in [0.15, 0.2) is 0 Å². The van der Waals surface area contributed by atoms with Crippen molar-refractivity contribution in [3.8, 4) is 11.5 Å². The Kier molecular flexibility index (Phi) is 3.66. The van der Waals surface area contributed by atoms with Gasteiger partial charge in [0.1, 0.15) is 17.1 Å². The second-order valence-corrected chi connectivity index (χ2v) is 4.22. The van der Waals surface area contributed by atoms with Crippen LogP contribution >= 0.6 is 0 Å². The number of aromatic hydroxyl groups is 1. The van der Waals surface area contributed by atoms with E-state index in [-0.39, 0.29) is 34.0 Å². The smallest absolute Gasteiger partial charge is 0.345 e. The average Bonchev–Trinajstić information content (AvgIpc) is 2.40. The van der Waals surface area contributed by atoms with E-state index in [4.69, 9.17) is 21.3 Å². The van der Waals surface area contributed by atoms with Gasteiger partial charge in [0, 0.05) is 17.4 Å². The minimum Gasteiger partial charge on any atom is -0.508 e. The van der Waals surface area contributed by atoms with Crippen LogP contribution in [-0.2, 0) is 0 Å². The highest BCUT2D eigenvalue weighted by Crippen LogP contribution is 2.25. The number of phenols is 1. The Morgan fingerprint density at radius 2 is 1.71 bits per heavy atom. The van der Waals surface area contributed by atoms with Crippen molar-refractivity contribution in [1.29, 1.82) is 0 Å². The van der Waals surface area contributed by atoms with E-state index < -0.39 is 11.9 Å². The summed E-state index contributed by atoms with van der Waals surface area (Å²) in [5.74, 6) is -2.35. The molecule has 108 valence electrons. The molecule has 0 heterocycles. The van der Waals surface area contributed by atoms with E-state index in [9.17, 15) is 14.7 Å². The van der Waals surface area contributed by atoms with Crippen molar-refractivity contribution in [2.24, 2.45) is 0 Å². The van der Waals surface area contributed by atoms with Gasteiger partial charge in [0.05, 0.1) is 5.56 Å². The van der Waals surface area contributed by atoms with Crippen molar-refractivity contribution in [2.75, 3.05) is 11.5 Å². The van der Waals surface area contributed by atoms with Crippen molar-refractivity contribution in [2.45, 2.75) is 0 Å². The van der Waals surface area contributed by atoms with Crippen molar-refractivity contribution in [3.05, 3.63) is 47.5 Å². The summed E-state index contributed by atoms with van der Waals surface area (Å²) in [7, 11) is 0. The molecule has 0 unspecified atom stereocenters. The molecule has 0 aliphatic heterocycles. The molecule has 7 nitrogen and oxygen atoms in total. The first-order valence-corrected chi connectivity index (χ1v) is 5.82. The van der Waals surface area contributed by atoms with Gasteiger partial charge >= 0.3 is 11.9 Å². The zero-order valence-corrected chi connectivity index (χ0v) is 10.7. The third-order valence-corrected chi connectivity index (χ3v) is 2.69. The van der Waals surface area contributed by atoms with Crippen molar-refractivity contribution in [1.82, 2.24) is 0 Å². The summed E-state index contributed by atoms with van der Waals surface area (Å²) in [6.45, 7) is 0. The molecule has 2 aromatic carbocycles. The van der Waals surface area contributed by atoms with Gasteiger partial charge in [0.2, 0.25) is 0 Å². The van der Waals surface area contributed by atoms with Crippen LogP contribution in [0.3, 0.4) is 0 Å². The molecule has 0 fully saturated rings. The van der Waals surface area contributed by atoms with Gasteiger partial charge in [-0.15, -0.1) is 0 Å². The fraction of sp³-hybridized carbons (Fsp3) is 0. The second kappa shape index (κ2) is 5.41. The minimum atomic E-state index is -1.27. The zero-order chi connectivity index (χ0) is 15.6. The topological polar surface area (TPSA) is 136 Å². The average molecular weight is 288 g/mol. The maximum atomic E-state index is 12.0. The van der Waals surface area contributed by atoms with E-state index in [0.29, 0.717) is 0 Å². The highest BCUT2D eigenvalue weighted by Gasteiger charge is 2.18. The molecule has 2 aromatic rings. The van der Waals surface area contributed by atoms with Crippen molar-refractivity contribution in [3.63, 3.8) is 0 Å². The maximum absolute atomic E-state index is 12.0. The number of esters is 1. The molecule has 0 amide bonds. The number of aromatic carboxylic acids is 1. The van der Waals surface area contributed by atoms with Crippen LogP contribution in [0.5, 0.6) is 11.5 Å². The third-order valence-electron chi connectivity index (χ3n) is 2.69. The zero-order valence-electron chi connectivity index (χ0n) is 10.7. The summed E-state index contributed by atoms with van der Waals surface area (Å²) < 4.78 is 5.03. The quantitative estimate of drug-likeness (QED) is 0.381. The van der Waals surface area contributed by atoms with E-state index in [1.165, 1.54) is 36.4 Å². The summed E-state index contributed by atoms with van der Waals surface area (Å²) in [6.07, 6.45) is 0. The Balaban J connectivity index is 2.34. The van der Waals surface area contributed by atoms with E-state index in [1.807, 2.05) is 0 Å². The van der Waals surface area contributed by atoms with E-state index >= 15 is 0 Å². The molecular formula is C14H12N2O5. The lowest BCUT2D eigenvalue weighted by Gasteiger charge is -2.09. The van der Waals surface area contributed by atoms with Crippen LogP contribution in [0.4, 0.5) is 11.4 Å². The number of phenolic OH excluding ortho intramolecular Hbond substituents is 1. The summed E-state index contributed by atoms with van der Waals surface area (Å²) >= 11 is 0. The first kappa shape index (κ1) is 14.2. The number of nitrogen functional groups attached to an aromatic ring is 2. The van der Waals surface area contributed by atoms with Crippen molar-refractivity contribution < 1.29 is 24.5 Å². The monoisotopic (exact) mass is 288 g/mol. The second-order valence-electron chi connectivity index (χ2n) is 4.22. The molecular weight excluding hydrogens is 276 g/mol. The van der Waals surface area contributed by atoms with Crippen molar-refractivity contribution >= 4 is 23.3 Å². The molecule has 0 aliphatic rings. The van der Waals surface area contributed by atoms with Crippen LogP contribution in [0.15, 0.2) is 36.4 Å². The number of hydrogen-bond acceptors (Lipinski definition) is 6. The standard InChI is InChI=1S/C14H12N2O5/c15-7-1-4-12(10(5-7)13(18)19)21-14(20)9-3-2-8(17)6-11(9)16/h1-6,17H,15-16H2,(H,18,19). The Hall–Kier alpha value is -3.22.